The molecule has 3 heteroatoms. The van der Waals surface area contributed by atoms with Crippen molar-refractivity contribution in [3.63, 3.8) is 0 Å². The first-order valence-electron chi connectivity index (χ1n) is 5.72. The molecule has 1 fully saturated rings. The molecule has 0 saturated heterocycles. The topological polar surface area (TPSA) is 30.5 Å². The van der Waals surface area contributed by atoms with Crippen molar-refractivity contribution in [2.45, 2.75) is 44.8 Å². The van der Waals surface area contributed by atoms with Crippen molar-refractivity contribution < 1.29 is 9.47 Å². The number of hydrogen-bond donors (Lipinski definition) is 1. The van der Waals surface area contributed by atoms with Crippen LogP contribution < -0.4 is 5.32 Å². The van der Waals surface area contributed by atoms with Crippen LogP contribution in [0, 0.1) is 0 Å². The van der Waals surface area contributed by atoms with E-state index in [1.807, 2.05) is 0 Å². The summed E-state index contributed by atoms with van der Waals surface area (Å²) in [5.41, 5.74) is 0. The zero-order chi connectivity index (χ0) is 10.2. The van der Waals surface area contributed by atoms with Crippen molar-refractivity contribution in [3.8, 4) is 0 Å². The van der Waals surface area contributed by atoms with Gasteiger partial charge in [0, 0.05) is 13.7 Å². The predicted octanol–water partition coefficient (Wildman–Crippen LogP) is 1.57. The fourth-order valence-corrected chi connectivity index (χ4v) is 1.55. The highest BCUT2D eigenvalue weighted by Gasteiger charge is 2.22. The average molecular weight is 201 g/mol. The summed E-state index contributed by atoms with van der Waals surface area (Å²) in [5, 5.41) is 3.37. The van der Waals surface area contributed by atoms with Crippen LogP contribution in [0.25, 0.3) is 0 Å². The van der Waals surface area contributed by atoms with Gasteiger partial charge in [0.25, 0.3) is 0 Å². The van der Waals surface area contributed by atoms with Gasteiger partial charge in [-0.3, -0.25) is 0 Å². The molecule has 3 nitrogen and oxygen atoms in total. The minimum Gasteiger partial charge on any atom is -0.382 e. The normalized spacial score (nSPS) is 19.3. The number of hydrogen-bond acceptors (Lipinski definition) is 3. The zero-order valence-electron chi connectivity index (χ0n) is 9.42. The highest BCUT2D eigenvalue weighted by molar-refractivity contribution is 4.73. The van der Waals surface area contributed by atoms with E-state index in [2.05, 4.69) is 12.2 Å². The van der Waals surface area contributed by atoms with Crippen LogP contribution in [-0.2, 0) is 9.47 Å². The molecule has 1 N–H and O–H groups in total. The third kappa shape index (κ3) is 4.40. The first-order valence-corrected chi connectivity index (χ1v) is 5.72. The maximum absolute atomic E-state index is 5.89. The first-order chi connectivity index (χ1) is 6.86. The van der Waals surface area contributed by atoms with E-state index in [9.17, 15) is 0 Å². The average Bonchev–Trinajstić information content (AvgIpc) is 2.11. The Balaban J connectivity index is 2.09. The van der Waals surface area contributed by atoms with E-state index in [1.165, 1.54) is 25.7 Å². The first kappa shape index (κ1) is 12.0. The highest BCUT2D eigenvalue weighted by Crippen LogP contribution is 2.23. The Morgan fingerprint density at radius 3 is 2.71 bits per heavy atom. The Kier molecular flexibility index (Phi) is 6.15. The van der Waals surface area contributed by atoms with Crippen LogP contribution in [0.4, 0.5) is 0 Å². The van der Waals surface area contributed by atoms with Gasteiger partial charge in [0.05, 0.1) is 18.8 Å². The smallest absolute Gasteiger partial charge is 0.0936 e. The summed E-state index contributed by atoms with van der Waals surface area (Å²) in [4.78, 5) is 0. The Morgan fingerprint density at radius 1 is 1.43 bits per heavy atom. The molecule has 0 heterocycles. The molecule has 14 heavy (non-hydrogen) atoms. The molecule has 0 spiro atoms. The Morgan fingerprint density at radius 2 is 2.21 bits per heavy atom. The number of rotatable bonds is 8. The van der Waals surface area contributed by atoms with Gasteiger partial charge < -0.3 is 14.8 Å². The number of methoxy groups -OCH3 is 1. The van der Waals surface area contributed by atoms with Crippen LogP contribution in [-0.4, -0.2) is 39.0 Å². The predicted molar refractivity (Wildman–Crippen MR) is 57.5 cm³/mol. The van der Waals surface area contributed by atoms with Gasteiger partial charge in [0.1, 0.15) is 0 Å². The maximum Gasteiger partial charge on any atom is 0.0936 e. The van der Waals surface area contributed by atoms with Crippen molar-refractivity contribution in [1.82, 2.24) is 5.32 Å². The Bertz CT molecular complexity index is 137. The Hall–Kier alpha value is -0.120. The van der Waals surface area contributed by atoms with E-state index in [-0.39, 0.29) is 6.10 Å². The molecule has 1 rings (SSSR count). The van der Waals surface area contributed by atoms with Gasteiger partial charge in [0.2, 0.25) is 0 Å². The molecule has 1 aliphatic rings. The van der Waals surface area contributed by atoms with Gasteiger partial charge in [-0.05, 0) is 32.2 Å². The molecule has 0 bridgehead atoms. The van der Waals surface area contributed by atoms with E-state index >= 15 is 0 Å². The third-order valence-electron chi connectivity index (χ3n) is 2.59. The van der Waals surface area contributed by atoms with Gasteiger partial charge in [-0.2, -0.15) is 0 Å². The van der Waals surface area contributed by atoms with E-state index in [1.54, 1.807) is 7.11 Å². The molecule has 0 amide bonds. The van der Waals surface area contributed by atoms with E-state index in [0.717, 1.165) is 13.1 Å². The second kappa shape index (κ2) is 7.21. The van der Waals surface area contributed by atoms with E-state index in [0.29, 0.717) is 12.7 Å². The standard InChI is InChI=1S/C11H23NO2/c1-3-7-12-8-11(9-13-2)14-10-5-4-6-10/h10-12H,3-9H2,1-2H3. The third-order valence-corrected chi connectivity index (χ3v) is 2.59. The van der Waals surface area contributed by atoms with Crippen molar-refractivity contribution in [1.29, 1.82) is 0 Å². The molecule has 0 aromatic carbocycles. The summed E-state index contributed by atoms with van der Waals surface area (Å²) in [6, 6.07) is 0. The summed E-state index contributed by atoms with van der Waals surface area (Å²) in [7, 11) is 1.73. The molecule has 0 aromatic rings. The summed E-state index contributed by atoms with van der Waals surface area (Å²) in [5.74, 6) is 0. The SMILES string of the molecule is CCCNCC(COC)OC1CCC1. The van der Waals surface area contributed by atoms with Gasteiger partial charge >= 0.3 is 0 Å². The fourth-order valence-electron chi connectivity index (χ4n) is 1.55. The van der Waals surface area contributed by atoms with Gasteiger partial charge in [-0.15, -0.1) is 0 Å². The van der Waals surface area contributed by atoms with Crippen LogP contribution in [0.3, 0.4) is 0 Å². The van der Waals surface area contributed by atoms with Gasteiger partial charge in [0.15, 0.2) is 0 Å². The molecule has 1 aliphatic carbocycles. The molecular weight excluding hydrogens is 178 g/mol. The van der Waals surface area contributed by atoms with Crippen LogP contribution in [0.2, 0.25) is 0 Å². The highest BCUT2D eigenvalue weighted by atomic mass is 16.5. The van der Waals surface area contributed by atoms with Crippen molar-refractivity contribution in [2.75, 3.05) is 26.8 Å². The molecule has 1 atom stereocenters. The van der Waals surface area contributed by atoms with Crippen molar-refractivity contribution in [2.24, 2.45) is 0 Å². The van der Waals surface area contributed by atoms with Crippen LogP contribution in [0.1, 0.15) is 32.6 Å². The van der Waals surface area contributed by atoms with Crippen LogP contribution in [0.5, 0.6) is 0 Å². The maximum atomic E-state index is 5.89. The second-order valence-electron chi connectivity index (χ2n) is 3.97. The van der Waals surface area contributed by atoms with Crippen LogP contribution in [0.15, 0.2) is 0 Å². The molecule has 0 aromatic heterocycles. The van der Waals surface area contributed by atoms with Gasteiger partial charge in [-0.25, -0.2) is 0 Å². The minimum atomic E-state index is 0.233. The number of ether oxygens (including phenoxy) is 2. The summed E-state index contributed by atoms with van der Waals surface area (Å²) in [6.45, 7) is 4.85. The van der Waals surface area contributed by atoms with E-state index < -0.39 is 0 Å². The molecular formula is C11H23NO2. The van der Waals surface area contributed by atoms with Gasteiger partial charge in [-0.1, -0.05) is 6.92 Å². The van der Waals surface area contributed by atoms with Crippen LogP contribution >= 0.6 is 0 Å². The lowest BCUT2D eigenvalue weighted by Gasteiger charge is -2.30. The minimum absolute atomic E-state index is 0.233. The number of nitrogens with one attached hydrogen (secondary N) is 1. The monoisotopic (exact) mass is 201 g/mol. The largest absolute Gasteiger partial charge is 0.382 e. The summed E-state index contributed by atoms with van der Waals surface area (Å²) < 4.78 is 11.0. The second-order valence-corrected chi connectivity index (χ2v) is 3.97. The molecule has 1 saturated carbocycles. The molecule has 1 unspecified atom stereocenters. The lowest BCUT2D eigenvalue weighted by atomic mass is 9.96. The lowest BCUT2D eigenvalue weighted by Crippen LogP contribution is -2.38. The lowest BCUT2D eigenvalue weighted by molar-refractivity contribution is -0.0760. The van der Waals surface area contributed by atoms with Crippen molar-refractivity contribution in [3.05, 3.63) is 0 Å². The molecule has 0 radical (unpaired) electrons. The van der Waals surface area contributed by atoms with Crippen molar-refractivity contribution >= 4 is 0 Å². The molecule has 0 aliphatic heterocycles. The van der Waals surface area contributed by atoms with E-state index in [4.69, 9.17) is 9.47 Å². The molecule has 84 valence electrons. The summed E-state index contributed by atoms with van der Waals surface area (Å²) in [6.07, 6.45) is 5.69. The zero-order valence-corrected chi connectivity index (χ0v) is 9.42. The summed E-state index contributed by atoms with van der Waals surface area (Å²) >= 11 is 0. The fraction of sp³-hybridized carbons (Fsp3) is 1.00. The quantitative estimate of drug-likeness (QED) is 0.605. The Labute approximate surface area is 87.2 Å².